The molecule has 0 heterocycles. The third-order valence-corrected chi connectivity index (χ3v) is 4.59. The summed E-state index contributed by atoms with van der Waals surface area (Å²) in [5.74, 6) is 0. The van der Waals surface area contributed by atoms with E-state index in [9.17, 15) is 4.57 Å². The Morgan fingerprint density at radius 2 is 1.04 bits per heavy atom. The van der Waals surface area contributed by atoms with Gasteiger partial charge in [-0.1, -0.05) is 104 Å². The molecule has 0 aliphatic rings. The van der Waals surface area contributed by atoms with Crippen LogP contribution in [0.3, 0.4) is 0 Å². The van der Waals surface area contributed by atoms with Crippen molar-refractivity contribution in [2.45, 2.75) is 110 Å². The van der Waals surface area contributed by atoms with Gasteiger partial charge in [-0.25, -0.2) is 4.57 Å². The van der Waals surface area contributed by atoms with Crippen LogP contribution in [-0.2, 0) is 9.09 Å². The van der Waals surface area contributed by atoms with Gasteiger partial charge in [0.25, 0.3) is 0 Å². The van der Waals surface area contributed by atoms with E-state index in [0.29, 0.717) is 0 Å². The Balaban J connectivity index is -0.000000454. The SMILES string of the molecule is CCCCCCCCCCCCCCCC.O=P(O)(O)OCC(O)CO.[NaH]. The zero-order valence-electron chi connectivity index (χ0n) is 16.9. The zero-order valence-corrected chi connectivity index (χ0v) is 17.8. The molecule has 4 N–H and O–H groups in total. The minimum absolute atomic E-state index is 0. The Labute approximate surface area is 189 Å². The summed E-state index contributed by atoms with van der Waals surface area (Å²) in [7, 11) is -4.50. The molecule has 6 nitrogen and oxygen atoms in total. The number of aliphatic hydroxyl groups excluding tert-OH is 2. The van der Waals surface area contributed by atoms with Crippen molar-refractivity contribution < 1.29 is 29.1 Å². The molecule has 0 fully saturated rings. The topological polar surface area (TPSA) is 107 Å². The first-order valence-corrected chi connectivity index (χ1v) is 11.9. The van der Waals surface area contributed by atoms with E-state index < -0.39 is 27.1 Å². The van der Waals surface area contributed by atoms with Gasteiger partial charge < -0.3 is 20.0 Å². The summed E-state index contributed by atoms with van der Waals surface area (Å²) in [5.41, 5.74) is 0. The van der Waals surface area contributed by atoms with Crippen molar-refractivity contribution in [1.29, 1.82) is 0 Å². The number of hydrogen-bond donors (Lipinski definition) is 4. The van der Waals surface area contributed by atoms with E-state index >= 15 is 0 Å². The van der Waals surface area contributed by atoms with Gasteiger partial charge in [-0.3, -0.25) is 4.52 Å². The Morgan fingerprint density at radius 3 is 1.26 bits per heavy atom. The standard InChI is InChI=1S/C16H34.C3H9O6P.Na.H/c1-3-5-7-9-11-13-15-16-14-12-10-8-6-4-2;4-1-3(5)2-9-10(6,7)8;;/h3-16H2,1-2H3;3-5H,1-2H2,(H2,6,7,8);;. The molecule has 0 aromatic carbocycles. The summed E-state index contributed by atoms with van der Waals surface area (Å²) < 4.78 is 13.8. The number of phosphoric ester groups is 1. The first kappa shape index (κ1) is 32.7. The summed E-state index contributed by atoms with van der Waals surface area (Å²) in [6.07, 6.45) is 19.2. The molecule has 0 spiro atoms. The molecule has 0 aromatic heterocycles. The summed E-state index contributed by atoms with van der Waals surface area (Å²) in [4.78, 5) is 16.1. The third kappa shape index (κ3) is 34.9. The van der Waals surface area contributed by atoms with Crippen molar-refractivity contribution >= 4 is 37.4 Å². The average molecular weight is 423 g/mol. The molecule has 0 amide bonds. The van der Waals surface area contributed by atoms with Crippen molar-refractivity contribution in [2.75, 3.05) is 13.2 Å². The van der Waals surface area contributed by atoms with Crippen LogP contribution in [-0.4, -0.2) is 68.9 Å². The summed E-state index contributed by atoms with van der Waals surface area (Å²) in [6, 6.07) is 0. The normalized spacial score (nSPS) is 12.1. The van der Waals surface area contributed by atoms with Crippen molar-refractivity contribution in [3.8, 4) is 0 Å². The van der Waals surface area contributed by atoms with Gasteiger partial charge >= 0.3 is 37.4 Å². The number of phosphoric acid groups is 1. The van der Waals surface area contributed by atoms with Gasteiger partial charge in [0, 0.05) is 0 Å². The fraction of sp³-hybridized carbons (Fsp3) is 1.00. The van der Waals surface area contributed by atoms with Crippen LogP contribution in [0.5, 0.6) is 0 Å². The molecule has 1 unspecified atom stereocenters. The predicted octanol–water partition coefficient (Wildman–Crippen LogP) is 4.29. The van der Waals surface area contributed by atoms with Crippen molar-refractivity contribution in [3.63, 3.8) is 0 Å². The summed E-state index contributed by atoms with van der Waals surface area (Å²) in [6.45, 7) is 3.43. The summed E-state index contributed by atoms with van der Waals surface area (Å²) in [5, 5.41) is 16.7. The van der Waals surface area contributed by atoms with Crippen LogP contribution in [0, 0.1) is 0 Å². The Kier molecular flexibility index (Phi) is 30.3. The molecule has 0 rings (SSSR count). The molecule has 0 radical (unpaired) electrons. The van der Waals surface area contributed by atoms with Crippen LogP contribution < -0.4 is 0 Å². The second-order valence-electron chi connectivity index (χ2n) is 6.87. The Morgan fingerprint density at radius 1 is 0.741 bits per heavy atom. The summed E-state index contributed by atoms with van der Waals surface area (Å²) >= 11 is 0. The van der Waals surface area contributed by atoms with Gasteiger partial charge in [-0.05, 0) is 0 Å². The molecule has 0 saturated heterocycles. The van der Waals surface area contributed by atoms with Crippen molar-refractivity contribution in [3.05, 3.63) is 0 Å². The number of unbranched alkanes of at least 4 members (excludes halogenated alkanes) is 13. The van der Waals surface area contributed by atoms with Crippen molar-refractivity contribution in [1.82, 2.24) is 0 Å². The maximum absolute atomic E-state index is 9.93. The molecule has 0 bridgehead atoms. The fourth-order valence-corrected chi connectivity index (χ4v) is 2.87. The Bertz CT molecular complexity index is 301. The van der Waals surface area contributed by atoms with E-state index in [1.165, 1.54) is 89.9 Å². The van der Waals surface area contributed by atoms with Crippen LogP contribution in [0.2, 0.25) is 0 Å². The maximum atomic E-state index is 9.93. The quantitative estimate of drug-likeness (QED) is 0.158. The second kappa shape index (κ2) is 25.1. The van der Waals surface area contributed by atoms with E-state index in [1.807, 2.05) is 0 Å². The molecular weight excluding hydrogens is 378 g/mol. The molecule has 27 heavy (non-hydrogen) atoms. The molecule has 1 atom stereocenters. The van der Waals surface area contributed by atoms with Gasteiger partial charge in [0.2, 0.25) is 0 Å². The van der Waals surface area contributed by atoms with Crippen LogP contribution >= 0.6 is 7.82 Å². The third-order valence-electron chi connectivity index (χ3n) is 4.10. The fourth-order valence-electron chi connectivity index (χ4n) is 2.50. The van der Waals surface area contributed by atoms with E-state index in [1.54, 1.807) is 0 Å². The van der Waals surface area contributed by atoms with E-state index in [2.05, 4.69) is 18.4 Å². The monoisotopic (exact) mass is 422 g/mol. The van der Waals surface area contributed by atoms with Crippen LogP contribution in [0.15, 0.2) is 0 Å². The minimum atomic E-state index is -4.50. The van der Waals surface area contributed by atoms with Gasteiger partial charge in [0.05, 0.1) is 13.2 Å². The van der Waals surface area contributed by atoms with Gasteiger partial charge in [0.15, 0.2) is 0 Å². The van der Waals surface area contributed by atoms with Crippen LogP contribution in [0.25, 0.3) is 0 Å². The Hall–Kier alpha value is 1.03. The average Bonchev–Trinajstić information content (AvgIpc) is 2.60. The number of rotatable bonds is 17. The first-order chi connectivity index (χ1) is 12.4. The van der Waals surface area contributed by atoms with Gasteiger partial charge in [0.1, 0.15) is 6.10 Å². The van der Waals surface area contributed by atoms with Gasteiger partial charge in [-0.2, -0.15) is 0 Å². The number of hydrogen-bond acceptors (Lipinski definition) is 4. The molecule has 0 aliphatic heterocycles. The molecule has 0 aliphatic carbocycles. The zero-order chi connectivity index (χ0) is 20.1. The first-order valence-electron chi connectivity index (χ1n) is 10.4. The van der Waals surface area contributed by atoms with E-state index in [4.69, 9.17) is 20.0 Å². The second-order valence-corrected chi connectivity index (χ2v) is 8.10. The molecule has 0 saturated carbocycles. The molecule has 162 valence electrons. The number of aliphatic hydroxyl groups is 2. The molecular formula is C19H44NaO6P. The predicted molar refractivity (Wildman–Crippen MR) is 114 cm³/mol. The van der Waals surface area contributed by atoms with Crippen molar-refractivity contribution in [2.24, 2.45) is 0 Å². The van der Waals surface area contributed by atoms with E-state index in [-0.39, 0.29) is 29.6 Å². The van der Waals surface area contributed by atoms with Crippen LogP contribution in [0.4, 0.5) is 0 Å². The van der Waals surface area contributed by atoms with Gasteiger partial charge in [-0.15, -0.1) is 0 Å². The molecule has 0 aromatic rings. The molecule has 8 heteroatoms. The van der Waals surface area contributed by atoms with Crippen LogP contribution in [0.1, 0.15) is 104 Å². The van der Waals surface area contributed by atoms with E-state index in [0.717, 1.165) is 0 Å².